The summed E-state index contributed by atoms with van der Waals surface area (Å²) in [4.78, 5) is 36.5. The number of nitrogens with zero attached hydrogens (tertiary/aromatic N) is 3. The van der Waals surface area contributed by atoms with Crippen molar-refractivity contribution in [1.29, 1.82) is 0 Å². The van der Waals surface area contributed by atoms with E-state index >= 15 is 0 Å². The molecule has 2 aliphatic rings. The first-order chi connectivity index (χ1) is 10.8. The molecule has 1 spiro atoms. The van der Waals surface area contributed by atoms with E-state index in [1.807, 2.05) is 6.07 Å². The van der Waals surface area contributed by atoms with Crippen LogP contribution in [0.25, 0.3) is 0 Å². The summed E-state index contributed by atoms with van der Waals surface area (Å²) in [5.41, 5.74) is 1.36. The molecule has 7 nitrogen and oxygen atoms in total. The van der Waals surface area contributed by atoms with Gasteiger partial charge < -0.3 is 10.2 Å². The Morgan fingerprint density at radius 1 is 1.35 bits per heavy atom. The van der Waals surface area contributed by atoms with Crippen LogP contribution in [0.4, 0.5) is 5.69 Å². The van der Waals surface area contributed by atoms with Crippen LogP contribution in [-0.2, 0) is 19.3 Å². The zero-order valence-electron chi connectivity index (χ0n) is 12.6. The van der Waals surface area contributed by atoms with E-state index in [0.29, 0.717) is 11.3 Å². The largest absolute Gasteiger partial charge is 0.312 e. The second-order valence-corrected chi connectivity index (χ2v) is 7.29. The third kappa shape index (κ3) is 2.26. The van der Waals surface area contributed by atoms with Crippen LogP contribution in [-0.4, -0.2) is 34.9 Å². The molecule has 2 heterocycles. The van der Waals surface area contributed by atoms with Gasteiger partial charge in [0.05, 0.1) is 5.69 Å². The minimum absolute atomic E-state index is 0.224. The van der Waals surface area contributed by atoms with Gasteiger partial charge in [0.25, 0.3) is 5.91 Å². The number of hydrogen-bond donors (Lipinski definition) is 1. The van der Waals surface area contributed by atoms with Crippen molar-refractivity contribution in [3.63, 3.8) is 0 Å². The van der Waals surface area contributed by atoms with E-state index in [2.05, 4.69) is 26.3 Å². The molecule has 120 valence electrons. The molecule has 0 bridgehead atoms. The number of likely N-dealkylation sites (N-methyl/N-ethyl adjacent to an activating group) is 1. The van der Waals surface area contributed by atoms with E-state index in [-0.39, 0.29) is 22.9 Å². The Labute approximate surface area is 145 Å². The molecule has 0 aromatic heterocycles. The number of fused-ring (bicyclic) bond motifs is 2. The van der Waals surface area contributed by atoms with Crippen LogP contribution < -0.4 is 10.2 Å². The van der Waals surface area contributed by atoms with Gasteiger partial charge in [-0.15, -0.1) is 5.10 Å². The highest BCUT2D eigenvalue weighted by Crippen LogP contribution is 2.54. The van der Waals surface area contributed by atoms with Crippen LogP contribution in [0.15, 0.2) is 27.8 Å². The van der Waals surface area contributed by atoms with Gasteiger partial charge in [0.2, 0.25) is 16.7 Å². The van der Waals surface area contributed by atoms with Crippen LogP contribution in [0.1, 0.15) is 19.4 Å². The van der Waals surface area contributed by atoms with E-state index in [9.17, 15) is 14.4 Å². The third-order valence-corrected chi connectivity index (χ3v) is 5.33. The highest BCUT2D eigenvalue weighted by atomic mass is 79.9. The predicted octanol–water partition coefficient (Wildman–Crippen LogP) is 1.58. The first-order valence-electron chi connectivity index (χ1n) is 6.71. The smallest absolute Gasteiger partial charge is 0.270 e. The van der Waals surface area contributed by atoms with Gasteiger partial charge in [-0.25, -0.2) is 0 Å². The minimum atomic E-state index is -1.32. The average molecular weight is 397 g/mol. The molecule has 1 unspecified atom stereocenters. The fourth-order valence-electron chi connectivity index (χ4n) is 2.69. The van der Waals surface area contributed by atoms with Gasteiger partial charge >= 0.3 is 0 Å². The Morgan fingerprint density at radius 3 is 2.65 bits per heavy atom. The fourth-order valence-corrected chi connectivity index (χ4v) is 4.40. The molecule has 2 aliphatic heterocycles. The van der Waals surface area contributed by atoms with Crippen molar-refractivity contribution in [2.75, 3.05) is 11.9 Å². The highest BCUT2D eigenvalue weighted by molar-refractivity contribution is 9.10. The number of nitrogens with one attached hydrogen (secondary N) is 1. The van der Waals surface area contributed by atoms with Gasteiger partial charge in [0.1, 0.15) is 0 Å². The van der Waals surface area contributed by atoms with Gasteiger partial charge in [-0.3, -0.25) is 14.4 Å². The maximum Gasteiger partial charge on any atom is 0.270 e. The van der Waals surface area contributed by atoms with Crippen molar-refractivity contribution in [3.8, 4) is 0 Å². The summed E-state index contributed by atoms with van der Waals surface area (Å²) in [6.07, 6.45) is 0. The molecule has 3 rings (SSSR count). The van der Waals surface area contributed by atoms with Crippen molar-refractivity contribution < 1.29 is 14.4 Å². The maximum absolute atomic E-state index is 13.0. The number of amidine groups is 1. The predicted molar refractivity (Wildman–Crippen MR) is 90.6 cm³/mol. The van der Waals surface area contributed by atoms with Gasteiger partial charge in [-0.1, -0.05) is 15.9 Å². The molecule has 23 heavy (non-hydrogen) atoms. The number of anilines is 1. The molecular weight excluding hydrogens is 384 g/mol. The van der Waals surface area contributed by atoms with E-state index in [0.717, 1.165) is 21.2 Å². The lowest BCUT2D eigenvalue weighted by atomic mass is 10.1. The van der Waals surface area contributed by atoms with Crippen LogP contribution >= 0.6 is 27.7 Å². The summed E-state index contributed by atoms with van der Waals surface area (Å²) in [6.45, 7) is 2.69. The topological polar surface area (TPSA) is 82.1 Å². The first-order valence-corrected chi connectivity index (χ1v) is 8.32. The summed E-state index contributed by atoms with van der Waals surface area (Å²) in [5, 5.41) is 8.06. The lowest BCUT2D eigenvalue weighted by molar-refractivity contribution is -0.139. The molecule has 1 aromatic carbocycles. The van der Waals surface area contributed by atoms with Crippen LogP contribution in [0.5, 0.6) is 0 Å². The zero-order valence-corrected chi connectivity index (χ0v) is 15.0. The Balaban J connectivity index is 2.18. The molecule has 0 aliphatic carbocycles. The molecule has 3 amide bonds. The monoisotopic (exact) mass is 396 g/mol. The van der Waals surface area contributed by atoms with Crippen molar-refractivity contribution in [2.45, 2.75) is 18.7 Å². The lowest BCUT2D eigenvalue weighted by Gasteiger charge is -2.29. The quantitative estimate of drug-likeness (QED) is 0.721. The number of hydrazone groups is 1. The Kier molecular flexibility index (Phi) is 3.72. The van der Waals surface area contributed by atoms with Gasteiger partial charge in [0, 0.05) is 30.9 Å². The van der Waals surface area contributed by atoms with E-state index in [1.165, 1.54) is 18.7 Å². The average Bonchev–Trinajstić information content (AvgIpc) is 2.93. The van der Waals surface area contributed by atoms with E-state index < -0.39 is 4.87 Å². The Bertz CT molecular complexity index is 781. The second kappa shape index (κ2) is 5.34. The summed E-state index contributed by atoms with van der Waals surface area (Å²) in [7, 11) is 1.65. The second-order valence-electron chi connectivity index (χ2n) is 5.19. The normalized spacial score (nSPS) is 22.4. The van der Waals surface area contributed by atoms with Crippen molar-refractivity contribution in [1.82, 2.24) is 10.3 Å². The standard InChI is InChI=1S/C14H13BrN4O3S/c1-7(20)16-13-17-19(8(2)21)14(23-13)10-6-9(15)4-5-11(10)18(3)12(14)22/h4-6H,1-3H3,(H,16,17,20). The first kappa shape index (κ1) is 16.0. The molecule has 0 fully saturated rings. The number of carbonyl (C=O) groups excluding carboxylic acids is 3. The lowest BCUT2D eigenvalue weighted by Crippen LogP contribution is -2.47. The number of halogens is 1. The third-order valence-electron chi connectivity index (χ3n) is 3.59. The number of benzene rings is 1. The highest BCUT2D eigenvalue weighted by Gasteiger charge is 2.60. The Hall–Kier alpha value is -1.87. The molecule has 0 saturated carbocycles. The number of rotatable bonds is 0. The van der Waals surface area contributed by atoms with Crippen LogP contribution in [0, 0.1) is 0 Å². The van der Waals surface area contributed by atoms with Crippen molar-refractivity contribution >= 4 is 56.3 Å². The molecule has 9 heteroatoms. The van der Waals surface area contributed by atoms with E-state index in [4.69, 9.17) is 0 Å². The SMILES string of the molecule is CC(=O)NC1=NN(C(C)=O)C2(S1)C(=O)N(C)c1ccc(Br)cc12. The maximum atomic E-state index is 13.0. The van der Waals surface area contributed by atoms with Crippen molar-refractivity contribution in [2.24, 2.45) is 5.10 Å². The van der Waals surface area contributed by atoms with Crippen molar-refractivity contribution in [3.05, 3.63) is 28.2 Å². The Morgan fingerprint density at radius 2 is 2.04 bits per heavy atom. The van der Waals surface area contributed by atoms with Gasteiger partial charge in [-0.2, -0.15) is 5.01 Å². The number of amides is 3. The fraction of sp³-hybridized carbons (Fsp3) is 0.286. The molecular formula is C14H13BrN4O3S. The zero-order chi connectivity index (χ0) is 16.9. The summed E-state index contributed by atoms with van der Waals surface area (Å²) >= 11 is 4.46. The molecule has 0 radical (unpaired) electrons. The molecule has 0 saturated heterocycles. The summed E-state index contributed by atoms with van der Waals surface area (Å²) in [5.74, 6) is -0.979. The molecule has 1 atom stereocenters. The molecule has 1 aromatic rings. The van der Waals surface area contributed by atoms with Gasteiger partial charge in [-0.05, 0) is 30.0 Å². The van der Waals surface area contributed by atoms with Crippen LogP contribution in [0.3, 0.4) is 0 Å². The van der Waals surface area contributed by atoms with Gasteiger partial charge in [0.15, 0.2) is 5.17 Å². The number of thioether (sulfide) groups is 1. The summed E-state index contributed by atoms with van der Waals surface area (Å²) in [6, 6.07) is 5.43. The van der Waals surface area contributed by atoms with Crippen LogP contribution in [0.2, 0.25) is 0 Å². The number of hydrogen-bond acceptors (Lipinski definition) is 5. The minimum Gasteiger partial charge on any atom is -0.312 e. The number of carbonyl (C=O) groups is 3. The van der Waals surface area contributed by atoms with E-state index in [1.54, 1.807) is 19.2 Å². The molecule has 1 N–H and O–H groups in total. The summed E-state index contributed by atoms with van der Waals surface area (Å²) < 4.78 is 0.788.